The minimum atomic E-state index is -5.64. The third-order valence-electron chi connectivity index (χ3n) is 5.20. The summed E-state index contributed by atoms with van der Waals surface area (Å²) in [4.78, 5) is 51.4. The summed E-state index contributed by atoms with van der Waals surface area (Å²) in [6.07, 6.45) is -4.72. The van der Waals surface area contributed by atoms with Gasteiger partial charge in [0.1, 0.15) is 18.3 Å². The van der Waals surface area contributed by atoms with Crippen molar-refractivity contribution in [3.05, 3.63) is 28.6 Å². The van der Waals surface area contributed by atoms with Crippen LogP contribution >= 0.6 is 23.2 Å². The Hall–Kier alpha value is -2.38. The molecule has 21 nitrogen and oxygen atoms in total. The van der Waals surface area contributed by atoms with Gasteiger partial charge in [0.05, 0.1) is 24.8 Å². The van der Waals surface area contributed by atoms with Gasteiger partial charge in [-0.1, -0.05) is 5.21 Å². The first-order chi connectivity index (χ1) is 18.1. The number of aliphatic hydroxyl groups is 2. The zero-order valence-corrected chi connectivity index (χ0v) is 22.4. The highest BCUT2D eigenvalue weighted by Crippen LogP contribution is 2.67. The van der Waals surface area contributed by atoms with Crippen LogP contribution in [0.3, 0.4) is 0 Å². The lowest BCUT2D eigenvalue weighted by atomic mass is 10.1. The van der Waals surface area contributed by atoms with Crippen molar-refractivity contribution in [2.45, 2.75) is 31.0 Å². The van der Waals surface area contributed by atoms with E-state index in [1.165, 1.54) is 10.9 Å². The first-order valence-electron chi connectivity index (χ1n) is 10.7. The fourth-order valence-corrected chi connectivity index (χ4v) is 7.61. The molecule has 3 aromatic heterocycles. The van der Waals surface area contributed by atoms with Gasteiger partial charge in [0.15, 0.2) is 17.4 Å². The molecule has 39 heavy (non-hydrogen) atoms. The molecule has 1 saturated heterocycles. The Morgan fingerprint density at radius 2 is 1.87 bits per heavy atom. The maximum Gasteiger partial charge on any atom is 0.488 e. The molecule has 216 valence electrons. The van der Waals surface area contributed by atoms with Gasteiger partial charge in [-0.3, -0.25) is 28.1 Å². The number of phosphoric acid groups is 2. The summed E-state index contributed by atoms with van der Waals surface area (Å²) in [6.45, 7) is -0.977. The SMILES string of the molecule is Cn1cc(CCP(=O)(O)OP(=O)(O)OP(=O)(O)OCC2OC(n3cnc4c(=O)[nH]c(N)nc43)C(O)C2O)nn1. The standard InChI is InChI=1S/C15H23N8O13P3/c1-22-4-7(20-21-22)2-3-37(27,28)35-39(31,32)36-38(29,30)33-5-8-10(24)11(25)14(34-8)23-6-17-9-12(23)18-15(16)19-13(9)26/h4,6,8,10-11,14,24-25H,2-3,5H2,1H3,(H,27,28)(H,29,30)(H,31,32)(H3,16,18,19,26). The quantitative estimate of drug-likeness (QED) is 0.116. The van der Waals surface area contributed by atoms with Gasteiger partial charge in [-0.05, 0) is 0 Å². The second kappa shape index (κ2) is 10.9. The Morgan fingerprint density at radius 3 is 2.54 bits per heavy atom. The zero-order valence-electron chi connectivity index (χ0n) is 19.7. The molecule has 0 amide bonds. The lowest BCUT2D eigenvalue weighted by Crippen LogP contribution is -2.33. The van der Waals surface area contributed by atoms with Gasteiger partial charge in [0.2, 0.25) is 5.95 Å². The number of ether oxygens (including phenoxy) is 1. The van der Waals surface area contributed by atoms with Crippen LogP contribution < -0.4 is 11.3 Å². The van der Waals surface area contributed by atoms with E-state index in [1.54, 1.807) is 7.05 Å². The topological polar surface area (TPSA) is 310 Å². The largest absolute Gasteiger partial charge is 0.488 e. The fraction of sp³-hybridized carbons (Fsp3) is 0.533. The van der Waals surface area contributed by atoms with E-state index < -0.39 is 66.1 Å². The van der Waals surface area contributed by atoms with Crippen LogP contribution in [0.1, 0.15) is 11.9 Å². The summed E-state index contributed by atoms with van der Waals surface area (Å²) in [5, 5.41) is 28.0. The molecule has 0 bridgehead atoms. The van der Waals surface area contributed by atoms with Crippen LogP contribution in [0.5, 0.6) is 0 Å². The number of nitrogen functional groups attached to an aromatic ring is 1. The maximum absolute atomic E-state index is 12.2. The highest BCUT2D eigenvalue weighted by molar-refractivity contribution is 7.68. The number of phosphoric ester groups is 1. The molecule has 8 N–H and O–H groups in total. The van der Waals surface area contributed by atoms with E-state index in [-0.39, 0.29) is 29.2 Å². The van der Waals surface area contributed by atoms with Gasteiger partial charge in [0.25, 0.3) is 5.56 Å². The molecule has 1 aliphatic heterocycles. The van der Waals surface area contributed by atoms with E-state index in [0.717, 1.165) is 10.9 Å². The molecule has 7 unspecified atom stereocenters. The third-order valence-corrected chi connectivity index (χ3v) is 9.96. The number of imidazole rings is 1. The van der Waals surface area contributed by atoms with Gasteiger partial charge >= 0.3 is 23.2 Å². The first-order valence-corrected chi connectivity index (χ1v) is 15.4. The average Bonchev–Trinajstić information content (AvgIpc) is 3.48. The number of nitrogens with zero attached hydrogens (tertiary/aromatic N) is 6. The molecule has 0 saturated carbocycles. The number of rotatable bonds is 11. The molecule has 1 aliphatic rings. The normalized spacial score (nSPS) is 26.3. The maximum atomic E-state index is 12.2. The lowest BCUT2D eigenvalue weighted by molar-refractivity contribution is -0.0503. The van der Waals surface area contributed by atoms with Crippen molar-refractivity contribution < 1.29 is 56.5 Å². The van der Waals surface area contributed by atoms with Crippen molar-refractivity contribution in [3.8, 4) is 0 Å². The molecule has 4 rings (SSSR count). The number of nitrogens with one attached hydrogen (secondary N) is 1. The van der Waals surface area contributed by atoms with E-state index in [0.29, 0.717) is 0 Å². The van der Waals surface area contributed by atoms with Gasteiger partial charge < -0.3 is 35.4 Å². The number of aliphatic hydroxyl groups excluding tert-OH is 2. The van der Waals surface area contributed by atoms with Crippen molar-refractivity contribution in [1.82, 2.24) is 34.5 Å². The Morgan fingerprint density at radius 1 is 1.15 bits per heavy atom. The highest BCUT2D eigenvalue weighted by atomic mass is 31.3. The van der Waals surface area contributed by atoms with Crippen molar-refractivity contribution in [3.63, 3.8) is 0 Å². The zero-order chi connectivity index (χ0) is 28.8. The minimum Gasteiger partial charge on any atom is -0.387 e. The van der Waals surface area contributed by atoms with Gasteiger partial charge in [-0.25, -0.2) is 18.4 Å². The van der Waals surface area contributed by atoms with E-state index in [4.69, 9.17) is 10.5 Å². The van der Waals surface area contributed by atoms with Gasteiger partial charge in [0, 0.05) is 19.7 Å². The van der Waals surface area contributed by atoms with Crippen LogP contribution in [0, 0.1) is 0 Å². The molecule has 7 atom stereocenters. The number of hydrogen-bond acceptors (Lipinski definition) is 15. The molecule has 1 fully saturated rings. The second-order valence-corrected chi connectivity index (χ2v) is 13.4. The highest BCUT2D eigenvalue weighted by Gasteiger charge is 2.47. The molecular formula is C15H23N8O13P3. The summed E-state index contributed by atoms with van der Waals surface area (Å²) in [5.41, 5.74) is 4.86. The fourth-order valence-electron chi connectivity index (χ4n) is 3.53. The van der Waals surface area contributed by atoms with E-state index in [2.05, 4.69) is 38.4 Å². The Labute approximate surface area is 216 Å². The third kappa shape index (κ3) is 7.04. The predicted octanol–water partition coefficient (Wildman–Crippen LogP) is -1.87. The number of nitrogens with two attached hydrogens (primary N) is 1. The van der Waals surface area contributed by atoms with Gasteiger partial charge in [-0.15, -0.1) is 5.10 Å². The van der Waals surface area contributed by atoms with Crippen molar-refractivity contribution in [2.75, 3.05) is 18.5 Å². The predicted molar refractivity (Wildman–Crippen MR) is 126 cm³/mol. The number of hydrogen-bond donors (Lipinski definition) is 7. The molecule has 4 heterocycles. The summed E-state index contributed by atoms with van der Waals surface area (Å²) < 4.78 is 57.2. The molecule has 0 radical (unpaired) electrons. The average molecular weight is 616 g/mol. The minimum absolute atomic E-state index is 0.101. The van der Waals surface area contributed by atoms with Crippen molar-refractivity contribution in [2.24, 2.45) is 7.05 Å². The second-order valence-electron chi connectivity index (χ2n) is 8.21. The van der Waals surface area contributed by atoms with Crippen LogP contribution in [0.15, 0.2) is 17.3 Å². The van der Waals surface area contributed by atoms with Crippen LogP contribution in [0.4, 0.5) is 5.95 Å². The Bertz CT molecular complexity index is 1560. The smallest absolute Gasteiger partial charge is 0.387 e. The summed E-state index contributed by atoms with van der Waals surface area (Å²) in [7, 11) is -14.4. The Kier molecular flexibility index (Phi) is 8.26. The number of aryl methyl sites for hydroxylation is 2. The molecule has 0 aliphatic carbocycles. The first kappa shape index (κ1) is 29.6. The molecule has 0 spiro atoms. The van der Waals surface area contributed by atoms with Gasteiger partial charge in [-0.2, -0.15) is 9.29 Å². The summed E-state index contributed by atoms with van der Waals surface area (Å²) in [6, 6.07) is 0. The molecule has 0 aromatic carbocycles. The molecule has 24 heteroatoms. The van der Waals surface area contributed by atoms with Crippen molar-refractivity contribution in [1.29, 1.82) is 0 Å². The van der Waals surface area contributed by atoms with Crippen LogP contribution in [-0.2, 0) is 45.0 Å². The number of H-pyrrole nitrogens is 1. The lowest BCUT2D eigenvalue weighted by Gasteiger charge is -2.20. The van der Waals surface area contributed by atoms with E-state index in [1.807, 2.05) is 0 Å². The Balaban J connectivity index is 1.36. The van der Waals surface area contributed by atoms with Crippen LogP contribution in [0.2, 0.25) is 0 Å². The van der Waals surface area contributed by atoms with Crippen LogP contribution in [-0.4, -0.2) is 90.5 Å². The number of aromatic amines is 1. The number of fused-ring (bicyclic) bond motifs is 1. The molecular weight excluding hydrogens is 593 g/mol. The molecule has 3 aromatic rings. The summed E-state index contributed by atoms with van der Waals surface area (Å²) in [5.74, 6) is -0.266. The van der Waals surface area contributed by atoms with Crippen LogP contribution in [0.25, 0.3) is 11.2 Å². The van der Waals surface area contributed by atoms with Crippen molar-refractivity contribution >= 4 is 40.4 Å². The van der Waals surface area contributed by atoms with E-state index >= 15 is 0 Å². The summed E-state index contributed by atoms with van der Waals surface area (Å²) >= 11 is 0. The monoisotopic (exact) mass is 616 g/mol. The van der Waals surface area contributed by atoms with E-state index in [9.17, 15) is 43.4 Å². The number of anilines is 1. The number of aromatic nitrogens is 7.